The maximum Gasteiger partial charge on any atom is 0.321 e. The van der Waals surface area contributed by atoms with Crippen LogP contribution >= 0.6 is 0 Å². The monoisotopic (exact) mass is 159 g/mol. The summed E-state index contributed by atoms with van der Waals surface area (Å²) in [5.41, 5.74) is 0.0203. The summed E-state index contributed by atoms with van der Waals surface area (Å²) >= 11 is 0. The van der Waals surface area contributed by atoms with Gasteiger partial charge in [-0.25, -0.2) is 0 Å². The Morgan fingerprint density at radius 2 is 2.18 bits per heavy atom. The van der Waals surface area contributed by atoms with Crippen LogP contribution in [0.4, 0.5) is 8.78 Å². The van der Waals surface area contributed by atoms with Gasteiger partial charge in [-0.15, -0.1) is 0 Å². The van der Waals surface area contributed by atoms with Crippen molar-refractivity contribution in [2.45, 2.75) is 13.5 Å². The van der Waals surface area contributed by atoms with Crippen LogP contribution in [0.3, 0.4) is 0 Å². The molecule has 1 heterocycles. The number of rotatable bonds is 1. The van der Waals surface area contributed by atoms with Crippen molar-refractivity contribution in [3.05, 3.63) is 34.2 Å². The summed E-state index contributed by atoms with van der Waals surface area (Å²) in [6, 6.07) is 2.64. The van der Waals surface area contributed by atoms with Crippen LogP contribution in [0.15, 0.2) is 23.1 Å². The zero-order valence-electron chi connectivity index (χ0n) is 5.92. The molecule has 60 valence electrons. The van der Waals surface area contributed by atoms with Gasteiger partial charge < -0.3 is 0 Å². The maximum absolute atomic E-state index is 11.9. The molecule has 0 saturated heterocycles. The molecule has 0 aliphatic heterocycles. The minimum absolute atomic E-state index is 0.382. The second-order valence-corrected chi connectivity index (χ2v) is 2.23. The van der Waals surface area contributed by atoms with E-state index < -0.39 is 12.1 Å². The fourth-order valence-electron chi connectivity index (χ4n) is 0.750. The van der Waals surface area contributed by atoms with Gasteiger partial charge in [-0.3, -0.25) is 9.36 Å². The van der Waals surface area contributed by atoms with E-state index in [2.05, 4.69) is 0 Å². The Kier molecular flexibility index (Phi) is 2.03. The van der Waals surface area contributed by atoms with Crippen molar-refractivity contribution in [3.63, 3.8) is 0 Å². The average Bonchev–Trinajstić information content (AvgIpc) is 1.85. The van der Waals surface area contributed by atoms with Crippen molar-refractivity contribution in [1.29, 1.82) is 0 Å². The molecule has 1 aromatic heterocycles. The quantitative estimate of drug-likeness (QED) is 0.609. The lowest BCUT2D eigenvalue weighted by Gasteiger charge is -2.02. The smallest absolute Gasteiger partial charge is 0.269 e. The lowest BCUT2D eigenvalue weighted by Crippen LogP contribution is -2.18. The van der Waals surface area contributed by atoms with E-state index in [1.165, 1.54) is 12.1 Å². The molecule has 4 heteroatoms. The summed E-state index contributed by atoms with van der Waals surface area (Å²) in [7, 11) is 0. The second kappa shape index (κ2) is 2.82. The van der Waals surface area contributed by atoms with Gasteiger partial charge in [0, 0.05) is 12.3 Å². The fraction of sp³-hybridized carbons (Fsp3) is 0.286. The Morgan fingerprint density at radius 3 is 2.64 bits per heavy atom. The number of aryl methyl sites for hydroxylation is 1. The van der Waals surface area contributed by atoms with Gasteiger partial charge in [0.05, 0.1) is 0 Å². The minimum Gasteiger partial charge on any atom is -0.269 e. The van der Waals surface area contributed by atoms with E-state index in [0.717, 1.165) is 6.20 Å². The molecule has 0 bridgehead atoms. The molecule has 0 atom stereocenters. The van der Waals surface area contributed by atoms with E-state index in [1.54, 1.807) is 6.92 Å². The molecule has 0 unspecified atom stereocenters. The average molecular weight is 159 g/mol. The SMILES string of the molecule is Cc1ccn(C(F)F)c(=O)c1. The van der Waals surface area contributed by atoms with E-state index in [1.807, 2.05) is 0 Å². The predicted octanol–water partition coefficient (Wildman–Crippen LogP) is 1.55. The van der Waals surface area contributed by atoms with Crippen LogP contribution in [0, 0.1) is 6.92 Å². The Balaban J connectivity index is 3.21. The molecule has 0 fully saturated rings. The van der Waals surface area contributed by atoms with Gasteiger partial charge in [-0.1, -0.05) is 0 Å². The van der Waals surface area contributed by atoms with Crippen molar-refractivity contribution in [1.82, 2.24) is 4.57 Å². The lowest BCUT2D eigenvalue weighted by molar-refractivity contribution is 0.0663. The van der Waals surface area contributed by atoms with Crippen molar-refractivity contribution in [2.24, 2.45) is 0 Å². The van der Waals surface area contributed by atoms with Gasteiger partial charge in [0.15, 0.2) is 0 Å². The summed E-state index contributed by atoms with van der Waals surface area (Å²) < 4.78 is 24.2. The van der Waals surface area contributed by atoms with Crippen molar-refractivity contribution < 1.29 is 8.78 Å². The maximum atomic E-state index is 11.9. The molecule has 0 amide bonds. The Morgan fingerprint density at radius 1 is 1.55 bits per heavy atom. The van der Waals surface area contributed by atoms with Gasteiger partial charge in [0.2, 0.25) is 0 Å². The first kappa shape index (κ1) is 7.91. The van der Waals surface area contributed by atoms with Crippen LogP contribution in [0.25, 0.3) is 0 Å². The molecule has 0 saturated carbocycles. The highest BCUT2D eigenvalue weighted by molar-refractivity contribution is 5.07. The van der Waals surface area contributed by atoms with Crippen molar-refractivity contribution in [2.75, 3.05) is 0 Å². The molecule has 2 nitrogen and oxygen atoms in total. The normalized spacial score (nSPS) is 10.5. The minimum atomic E-state index is -2.75. The van der Waals surface area contributed by atoms with Gasteiger partial charge in [-0.2, -0.15) is 8.78 Å². The number of nitrogens with zero attached hydrogens (tertiary/aromatic N) is 1. The van der Waals surface area contributed by atoms with Gasteiger partial charge in [0.25, 0.3) is 5.56 Å². The largest absolute Gasteiger partial charge is 0.321 e. The number of hydrogen-bond donors (Lipinski definition) is 0. The lowest BCUT2D eigenvalue weighted by atomic mass is 10.3. The van der Waals surface area contributed by atoms with Crippen LogP contribution in [-0.2, 0) is 0 Å². The van der Waals surface area contributed by atoms with E-state index in [4.69, 9.17) is 0 Å². The predicted molar refractivity (Wildman–Crippen MR) is 36.7 cm³/mol. The molecule has 11 heavy (non-hydrogen) atoms. The van der Waals surface area contributed by atoms with E-state index in [-0.39, 0.29) is 0 Å². The molecule has 0 N–H and O–H groups in total. The summed E-state index contributed by atoms with van der Waals surface area (Å²) in [5.74, 6) is 0. The molecule has 0 spiro atoms. The fourth-order valence-corrected chi connectivity index (χ4v) is 0.750. The standard InChI is InChI=1S/C7H7F2NO/c1-5-2-3-10(7(8)9)6(11)4-5/h2-4,7H,1H3. The highest BCUT2D eigenvalue weighted by Crippen LogP contribution is 2.05. The van der Waals surface area contributed by atoms with Crippen LogP contribution in [-0.4, -0.2) is 4.57 Å². The summed E-state index contributed by atoms with van der Waals surface area (Å²) in [6.45, 7) is -1.07. The van der Waals surface area contributed by atoms with Gasteiger partial charge in [-0.05, 0) is 18.6 Å². The Hall–Kier alpha value is -1.19. The highest BCUT2D eigenvalue weighted by Gasteiger charge is 2.05. The zero-order chi connectivity index (χ0) is 8.43. The number of hydrogen-bond acceptors (Lipinski definition) is 1. The molecular formula is C7H7F2NO. The molecular weight excluding hydrogens is 152 g/mol. The molecule has 1 aromatic rings. The van der Waals surface area contributed by atoms with E-state index >= 15 is 0 Å². The van der Waals surface area contributed by atoms with Gasteiger partial charge >= 0.3 is 6.55 Å². The van der Waals surface area contributed by atoms with Crippen molar-refractivity contribution in [3.8, 4) is 0 Å². The number of pyridine rings is 1. The van der Waals surface area contributed by atoms with E-state index in [0.29, 0.717) is 10.1 Å². The molecule has 0 aliphatic rings. The zero-order valence-corrected chi connectivity index (χ0v) is 5.92. The third-order valence-electron chi connectivity index (χ3n) is 1.31. The first-order valence-corrected chi connectivity index (χ1v) is 3.08. The van der Waals surface area contributed by atoms with Crippen LogP contribution in [0.1, 0.15) is 12.1 Å². The summed E-state index contributed by atoms with van der Waals surface area (Å²) in [5, 5.41) is 0. The third kappa shape index (κ3) is 1.63. The number of halogens is 2. The van der Waals surface area contributed by atoms with Crippen LogP contribution < -0.4 is 5.56 Å². The number of aromatic nitrogens is 1. The van der Waals surface area contributed by atoms with E-state index in [9.17, 15) is 13.6 Å². The Labute approximate surface area is 62.1 Å². The second-order valence-electron chi connectivity index (χ2n) is 2.23. The van der Waals surface area contributed by atoms with Crippen LogP contribution in [0.2, 0.25) is 0 Å². The molecule has 0 aromatic carbocycles. The first-order valence-electron chi connectivity index (χ1n) is 3.08. The molecule has 1 rings (SSSR count). The number of alkyl halides is 2. The molecule has 0 radical (unpaired) electrons. The van der Waals surface area contributed by atoms with Crippen molar-refractivity contribution >= 4 is 0 Å². The summed E-state index contributed by atoms with van der Waals surface area (Å²) in [4.78, 5) is 10.8. The van der Waals surface area contributed by atoms with Gasteiger partial charge in [0.1, 0.15) is 0 Å². The Bertz CT molecular complexity index is 306. The van der Waals surface area contributed by atoms with Crippen LogP contribution in [0.5, 0.6) is 0 Å². The highest BCUT2D eigenvalue weighted by atomic mass is 19.3. The first-order chi connectivity index (χ1) is 5.11. The topological polar surface area (TPSA) is 22.0 Å². The summed E-state index contributed by atoms with van der Waals surface area (Å²) in [6.07, 6.45) is 1.09. The molecule has 0 aliphatic carbocycles. The third-order valence-corrected chi connectivity index (χ3v) is 1.31.